The molecule has 1 aromatic rings. The third-order valence-electron chi connectivity index (χ3n) is 4.81. The first-order valence-electron chi connectivity index (χ1n) is 8.81. The predicted octanol–water partition coefficient (Wildman–Crippen LogP) is 1.13. The van der Waals surface area contributed by atoms with E-state index in [-0.39, 0.29) is 23.2 Å². The van der Waals surface area contributed by atoms with Gasteiger partial charge in [0.05, 0.1) is 11.4 Å². The molecule has 0 saturated carbocycles. The lowest BCUT2D eigenvalue weighted by Crippen LogP contribution is -2.51. The van der Waals surface area contributed by atoms with Gasteiger partial charge in [0, 0.05) is 44.5 Å². The topological polar surface area (TPSA) is 81.8 Å². The Morgan fingerprint density at radius 1 is 1.27 bits per heavy atom. The molecule has 7 nitrogen and oxygen atoms in total. The van der Waals surface area contributed by atoms with Crippen LogP contribution < -0.4 is 10.6 Å². The minimum Gasteiger partial charge on any atom is -0.325 e. The Kier molecular flexibility index (Phi) is 7.42. The van der Waals surface area contributed by atoms with E-state index >= 15 is 0 Å². The average Bonchev–Trinajstić information content (AvgIpc) is 3.12. The smallest absolute Gasteiger partial charge is 0.243 e. The van der Waals surface area contributed by atoms with Crippen molar-refractivity contribution in [1.29, 1.82) is 0 Å². The molecule has 2 N–H and O–H groups in total. The number of sulfonamides is 1. The van der Waals surface area contributed by atoms with Crippen LogP contribution in [0, 0.1) is 0 Å². The van der Waals surface area contributed by atoms with Crippen molar-refractivity contribution in [2.24, 2.45) is 0 Å². The van der Waals surface area contributed by atoms with Gasteiger partial charge in [-0.25, -0.2) is 8.42 Å². The molecule has 0 aliphatic carbocycles. The molecule has 2 aliphatic rings. The molecule has 1 amide bonds. The highest BCUT2D eigenvalue weighted by atomic mass is 35.5. The first-order chi connectivity index (χ1) is 12.0. The van der Waals surface area contributed by atoms with Crippen molar-refractivity contribution in [2.45, 2.75) is 30.7 Å². The Morgan fingerprint density at radius 3 is 2.69 bits per heavy atom. The maximum Gasteiger partial charge on any atom is 0.243 e. The fourth-order valence-electron chi connectivity index (χ4n) is 3.31. The van der Waals surface area contributed by atoms with Crippen molar-refractivity contribution < 1.29 is 13.2 Å². The highest BCUT2D eigenvalue weighted by Gasteiger charge is 2.27. The lowest BCUT2D eigenvalue weighted by molar-refractivity contribution is -0.118. The number of carbonyl (C=O) groups is 1. The van der Waals surface area contributed by atoms with Crippen molar-refractivity contribution in [3.05, 3.63) is 24.3 Å². The second kappa shape index (κ2) is 9.14. The lowest BCUT2D eigenvalue weighted by atomic mass is 10.2. The fourth-order valence-corrected chi connectivity index (χ4v) is 4.88. The van der Waals surface area contributed by atoms with Gasteiger partial charge in [-0.1, -0.05) is 6.07 Å². The normalized spacial score (nSPS) is 22.0. The quantitative estimate of drug-likeness (QED) is 0.771. The summed E-state index contributed by atoms with van der Waals surface area (Å²) in [5.74, 6) is -0.121. The number of halogens is 1. The van der Waals surface area contributed by atoms with Gasteiger partial charge in [-0.15, -0.1) is 12.4 Å². The van der Waals surface area contributed by atoms with Crippen LogP contribution in [0.3, 0.4) is 0 Å². The standard InChI is InChI=1S/C17H26N4O3S.ClH/c1-14-12-18-7-10-20(14)13-17(22)19-15-5-4-6-16(11-15)25(23,24)21-8-2-3-9-21;/h4-6,11,14,18H,2-3,7-10,12-13H2,1H3,(H,19,22);1H/t14-;/m0./s1. The summed E-state index contributed by atoms with van der Waals surface area (Å²) in [5, 5.41) is 6.12. The number of nitrogens with zero attached hydrogens (tertiary/aromatic N) is 2. The van der Waals surface area contributed by atoms with Gasteiger partial charge in [0.1, 0.15) is 0 Å². The number of hydrogen-bond donors (Lipinski definition) is 2. The molecular formula is C17H27ClN4O3S. The van der Waals surface area contributed by atoms with E-state index in [0.717, 1.165) is 32.5 Å². The van der Waals surface area contributed by atoms with E-state index in [1.165, 1.54) is 4.31 Å². The summed E-state index contributed by atoms with van der Waals surface area (Å²) in [7, 11) is -3.47. The Balaban J connectivity index is 0.00000243. The Labute approximate surface area is 161 Å². The molecule has 2 fully saturated rings. The lowest BCUT2D eigenvalue weighted by Gasteiger charge is -2.33. The van der Waals surface area contributed by atoms with Crippen molar-refractivity contribution in [1.82, 2.24) is 14.5 Å². The molecule has 0 spiro atoms. The highest BCUT2D eigenvalue weighted by Crippen LogP contribution is 2.23. The zero-order valence-corrected chi connectivity index (χ0v) is 16.6. The van der Waals surface area contributed by atoms with Crippen LogP contribution in [-0.2, 0) is 14.8 Å². The third kappa shape index (κ3) is 4.95. The molecule has 2 heterocycles. The molecule has 2 saturated heterocycles. The zero-order chi connectivity index (χ0) is 17.9. The van der Waals surface area contributed by atoms with Crippen molar-refractivity contribution >= 4 is 34.0 Å². The first-order valence-corrected chi connectivity index (χ1v) is 10.3. The molecule has 0 unspecified atom stereocenters. The van der Waals surface area contributed by atoms with Crippen LogP contribution >= 0.6 is 12.4 Å². The summed E-state index contributed by atoms with van der Waals surface area (Å²) < 4.78 is 26.8. The number of piperazine rings is 1. The van der Waals surface area contributed by atoms with E-state index in [9.17, 15) is 13.2 Å². The van der Waals surface area contributed by atoms with Crippen molar-refractivity contribution in [2.75, 3.05) is 44.6 Å². The number of benzene rings is 1. The summed E-state index contributed by atoms with van der Waals surface area (Å²) in [4.78, 5) is 14.7. The van der Waals surface area contributed by atoms with Gasteiger partial charge >= 0.3 is 0 Å². The van der Waals surface area contributed by atoms with Gasteiger partial charge in [-0.05, 0) is 38.0 Å². The summed E-state index contributed by atoms with van der Waals surface area (Å²) >= 11 is 0. The maximum atomic E-state index is 12.6. The Bertz CT molecular complexity index is 722. The number of amides is 1. The highest BCUT2D eigenvalue weighted by molar-refractivity contribution is 7.89. The van der Waals surface area contributed by atoms with Crippen LogP contribution in [0.1, 0.15) is 19.8 Å². The molecule has 26 heavy (non-hydrogen) atoms. The van der Waals surface area contributed by atoms with Crippen LogP contribution in [0.15, 0.2) is 29.2 Å². The van der Waals surface area contributed by atoms with Crippen LogP contribution in [0.2, 0.25) is 0 Å². The summed E-state index contributed by atoms with van der Waals surface area (Å²) in [5.41, 5.74) is 0.521. The SMILES string of the molecule is C[C@H]1CNCCN1CC(=O)Nc1cccc(S(=O)(=O)N2CCCC2)c1.Cl. The van der Waals surface area contributed by atoms with E-state index in [4.69, 9.17) is 0 Å². The summed E-state index contributed by atoms with van der Waals surface area (Å²) in [6.45, 7) is 6.12. The Morgan fingerprint density at radius 2 is 2.00 bits per heavy atom. The number of hydrogen-bond acceptors (Lipinski definition) is 5. The van der Waals surface area contributed by atoms with E-state index in [0.29, 0.717) is 31.4 Å². The fraction of sp³-hybridized carbons (Fsp3) is 0.588. The molecule has 1 aromatic carbocycles. The van der Waals surface area contributed by atoms with Crippen LogP contribution in [-0.4, -0.2) is 68.8 Å². The van der Waals surface area contributed by atoms with Gasteiger partial charge in [0.2, 0.25) is 15.9 Å². The van der Waals surface area contributed by atoms with E-state index < -0.39 is 10.0 Å². The minimum atomic E-state index is -3.47. The molecule has 0 aromatic heterocycles. The molecule has 146 valence electrons. The van der Waals surface area contributed by atoms with E-state index in [2.05, 4.69) is 22.5 Å². The van der Waals surface area contributed by atoms with Crippen LogP contribution in [0.4, 0.5) is 5.69 Å². The molecular weight excluding hydrogens is 376 g/mol. The largest absolute Gasteiger partial charge is 0.325 e. The zero-order valence-electron chi connectivity index (χ0n) is 15.0. The molecule has 1 atom stereocenters. The molecule has 3 rings (SSSR count). The van der Waals surface area contributed by atoms with Crippen LogP contribution in [0.25, 0.3) is 0 Å². The minimum absolute atomic E-state index is 0. The number of rotatable bonds is 5. The predicted molar refractivity (Wildman–Crippen MR) is 104 cm³/mol. The molecule has 2 aliphatic heterocycles. The Hall–Kier alpha value is -1.19. The molecule has 0 bridgehead atoms. The summed E-state index contributed by atoms with van der Waals surface area (Å²) in [6, 6.07) is 6.84. The van der Waals surface area contributed by atoms with Gasteiger partial charge in [-0.2, -0.15) is 4.31 Å². The van der Waals surface area contributed by atoms with Gasteiger partial charge < -0.3 is 10.6 Å². The first kappa shape index (κ1) is 21.1. The van der Waals surface area contributed by atoms with E-state index in [1.807, 2.05) is 0 Å². The number of nitrogens with one attached hydrogen (secondary N) is 2. The molecule has 0 radical (unpaired) electrons. The molecule has 9 heteroatoms. The number of carbonyl (C=O) groups excluding carboxylic acids is 1. The van der Waals surface area contributed by atoms with Crippen LogP contribution in [0.5, 0.6) is 0 Å². The van der Waals surface area contributed by atoms with Gasteiger partial charge in [0.15, 0.2) is 0 Å². The van der Waals surface area contributed by atoms with E-state index in [1.54, 1.807) is 24.3 Å². The van der Waals surface area contributed by atoms with Gasteiger partial charge in [-0.3, -0.25) is 9.69 Å². The monoisotopic (exact) mass is 402 g/mol. The maximum absolute atomic E-state index is 12.6. The van der Waals surface area contributed by atoms with Gasteiger partial charge in [0.25, 0.3) is 0 Å². The second-order valence-corrected chi connectivity index (χ2v) is 8.65. The second-order valence-electron chi connectivity index (χ2n) is 6.71. The average molecular weight is 403 g/mol. The summed E-state index contributed by atoms with van der Waals surface area (Å²) in [6.07, 6.45) is 1.80. The third-order valence-corrected chi connectivity index (χ3v) is 6.70. The van der Waals surface area contributed by atoms with Crippen molar-refractivity contribution in [3.63, 3.8) is 0 Å². The number of anilines is 1. The van der Waals surface area contributed by atoms with Crippen molar-refractivity contribution in [3.8, 4) is 0 Å².